The van der Waals surface area contributed by atoms with Crippen LogP contribution in [0.5, 0.6) is 0 Å². The Balaban J connectivity index is 1.34. The number of rotatable bonds is 6. The topological polar surface area (TPSA) is 72.0 Å². The van der Waals surface area contributed by atoms with Crippen LogP contribution >= 0.6 is 0 Å². The lowest BCUT2D eigenvalue weighted by Crippen LogP contribution is -2.32. The molecule has 3 aromatic heterocycles. The van der Waals surface area contributed by atoms with E-state index < -0.39 is 0 Å². The van der Waals surface area contributed by atoms with Gasteiger partial charge in [-0.15, -0.1) is 0 Å². The Morgan fingerprint density at radius 1 is 1.22 bits per heavy atom. The van der Waals surface area contributed by atoms with E-state index >= 15 is 0 Å². The number of nitrogens with one attached hydrogen (secondary N) is 1. The summed E-state index contributed by atoms with van der Waals surface area (Å²) in [5, 5.41) is 11.6. The third kappa shape index (κ3) is 4.36. The van der Waals surface area contributed by atoms with Crippen LogP contribution in [0.15, 0.2) is 41.2 Å². The molecule has 0 spiro atoms. The molecule has 1 fully saturated rings. The van der Waals surface area contributed by atoms with Gasteiger partial charge in [-0.1, -0.05) is 11.2 Å². The van der Waals surface area contributed by atoms with Gasteiger partial charge in [0, 0.05) is 42.5 Å². The van der Waals surface area contributed by atoms with Gasteiger partial charge in [-0.25, -0.2) is 4.98 Å². The molecular formula is C20H26N6O. The lowest BCUT2D eigenvalue weighted by atomic mass is 9.93. The van der Waals surface area contributed by atoms with E-state index in [4.69, 9.17) is 9.51 Å². The Kier molecular flexibility index (Phi) is 5.20. The molecule has 0 aliphatic carbocycles. The molecule has 7 heteroatoms. The van der Waals surface area contributed by atoms with Crippen LogP contribution in [0.2, 0.25) is 0 Å². The van der Waals surface area contributed by atoms with E-state index in [1.165, 1.54) is 5.56 Å². The Labute approximate surface area is 159 Å². The summed E-state index contributed by atoms with van der Waals surface area (Å²) in [5.41, 5.74) is 2.45. The van der Waals surface area contributed by atoms with Gasteiger partial charge in [0.05, 0.1) is 6.20 Å². The van der Waals surface area contributed by atoms with Crippen molar-refractivity contribution in [1.82, 2.24) is 24.8 Å². The summed E-state index contributed by atoms with van der Waals surface area (Å²) in [7, 11) is 0. The van der Waals surface area contributed by atoms with Crippen molar-refractivity contribution < 1.29 is 4.52 Å². The van der Waals surface area contributed by atoms with Crippen molar-refractivity contribution in [3.63, 3.8) is 0 Å². The summed E-state index contributed by atoms with van der Waals surface area (Å²) in [6.07, 6.45) is 6.38. The van der Waals surface area contributed by atoms with Crippen molar-refractivity contribution in [1.29, 1.82) is 0 Å². The third-order valence-electron chi connectivity index (χ3n) is 5.08. The molecule has 27 heavy (non-hydrogen) atoms. The summed E-state index contributed by atoms with van der Waals surface area (Å²) in [4.78, 5) is 7.31. The standard InChI is InChI=1S/C20H26N6O/c1-3-26-14-16(12-21-26)13-25-9-7-17(8-10-25)18-5-4-6-19(22-18)23-20-11-15(2)27-24-20/h4-6,11-12,14,17H,3,7-10,13H2,1-2H3,(H,22,23,24). The molecule has 0 radical (unpaired) electrons. The lowest BCUT2D eigenvalue weighted by Gasteiger charge is -2.31. The molecule has 0 amide bonds. The van der Waals surface area contributed by atoms with Crippen molar-refractivity contribution >= 4 is 11.6 Å². The number of pyridine rings is 1. The molecule has 0 saturated carbocycles. The number of hydrogen-bond donors (Lipinski definition) is 1. The highest BCUT2D eigenvalue weighted by Gasteiger charge is 2.22. The Morgan fingerprint density at radius 2 is 2.07 bits per heavy atom. The molecule has 1 saturated heterocycles. The number of piperidine rings is 1. The second-order valence-electron chi connectivity index (χ2n) is 7.15. The maximum Gasteiger partial charge on any atom is 0.175 e. The van der Waals surface area contributed by atoms with Crippen LogP contribution in [-0.2, 0) is 13.1 Å². The molecule has 4 heterocycles. The number of aromatic nitrogens is 4. The van der Waals surface area contributed by atoms with Crippen molar-refractivity contribution in [2.75, 3.05) is 18.4 Å². The van der Waals surface area contributed by atoms with E-state index in [1.54, 1.807) is 0 Å². The van der Waals surface area contributed by atoms with Crippen LogP contribution < -0.4 is 5.32 Å². The van der Waals surface area contributed by atoms with Crippen LogP contribution in [0.25, 0.3) is 0 Å². The van der Waals surface area contributed by atoms with Gasteiger partial charge < -0.3 is 9.84 Å². The number of aryl methyl sites for hydroxylation is 2. The normalized spacial score (nSPS) is 15.9. The predicted octanol–water partition coefficient (Wildman–Crippen LogP) is 3.72. The van der Waals surface area contributed by atoms with E-state index in [2.05, 4.69) is 45.7 Å². The van der Waals surface area contributed by atoms with Crippen LogP contribution in [0, 0.1) is 6.92 Å². The number of likely N-dealkylation sites (tertiary alicyclic amines) is 1. The minimum absolute atomic E-state index is 0.500. The monoisotopic (exact) mass is 366 g/mol. The molecule has 142 valence electrons. The average molecular weight is 366 g/mol. The van der Waals surface area contributed by atoms with E-state index in [1.807, 2.05) is 29.9 Å². The van der Waals surface area contributed by atoms with E-state index in [0.717, 1.165) is 56.3 Å². The first-order valence-electron chi connectivity index (χ1n) is 9.60. The van der Waals surface area contributed by atoms with Gasteiger partial charge in [-0.05, 0) is 51.9 Å². The highest BCUT2D eigenvalue weighted by atomic mass is 16.5. The van der Waals surface area contributed by atoms with Crippen LogP contribution in [-0.4, -0.2) is 37.9 Å². The first-order valence-corrected chi connectivity index (χ1v) is 9.60. The average Bonchev–Trinajstić information content (AvgIpc) is 3.31. The molecule has 0 bridgehead atoms. The Bertz CT molecular complexity index is 878. The Morgan fingerprint density at radius 3 is 2.78 bits per heavy atom. The summed E-state index contributed by atoms with van der Waals surface area (Å²) >= 11 is 0. The summed E-state index contributed by atoms with van der Waals surface area (Å²) in [5.74, 6) is 2.79. The molecule has 1 aliphatic heterocycles. The molecular weight excluding hydrogens is 340 g/mol. The van der Waals surface area contributed by atoms with Crippen LogP contribution in [0.1, 0.15) is 42.7 Å². The minimum Gasteiger partial charge on any atom is -0.360 e. The van der Waals surface area contributed by atoms with E-state index in [9.17, 15) is 0 Å². The second-order valence-corrected chi connectivity index (χ2v) is 7.15. The molecule has 0 atom stereocenters. The van der Waals surface area contributed by atoms with Crippen molar-refractivity contribution in [3.05, 3.63) is 53.7 Å². The van der Waals surface area contributed by atoms with Gasteiger partial charge >= 0.3 is 0 Å². The summed E-state index contributed by atoms with van der Waals surface area (Å²) in [6, 6.07) is 8.02. The lowest BCUT2D eigenvalue weighted by molar-refractivity contribution is 0.203. The van der Waals surface area contributed by atoms with E-state index in [0.29, 0.717) is 11.7 Å². The minimum atomic E-state index is 0.500. The molecule has 4 rings (SSSR count). The molecule has 0 aromatic carbocycles. The Hall–Kier alpha value is -2.67. The fraction of sp³-hybridized carbons (Fsp3) is 0.450. The maximum atomic E-state index is 5.10. The maximum absolute atomic E-state index is 5.10. The van der Waals surface area contributed by atoms with Crippen molar-refractivity contribution in [3.8, 4) is 0 Å². The number of anilines is 2. The zero-order valence-corrected chi connectivity index (χ0v) is 15.9. The molecule has 1 aliphatic rings. The largest absolute Gasteiger partial charge is 0.360 e. The highest BCUT2D eigenvalue weighted by molar-refractivity contribution is 5.51. The highest BCUT2D eigenvalue weighted by Crippen LogP contribution is 2.28. The quantitative estimate of drug-likeness (QED) is 0.717. The van der Waals surface area contributed by atoms with Gasteiger partial charge in [0.1, 0.15) is 11.6 Å². The smallest absolute Gasteiger partial charge is 0.175 e. The SMILES string of the molecule is CCn1cc(CN2CCC(c3cccc(Nc4cc(C)on4)n3)CC2)cn1. The van der Waals surface area contributed by atoms with Gasteiger partial charge in [-0.2, -0.15) is 5.10 Å². The van der Waals surface area contributed by atoms with Crippen LogP contribution in [0.3, 0.4) is 0 Å². The van der Waals surface area contributed by atoms with Gasteiger partial charge in [0.25, 0.3) is 0 Å². The molecule has 7 nitrogen and oxygen atoms in total. The van der Waals surface area contributed by atoms with Crippen molar-refractivity contribution in [2.24, 2.45) is 0 Å². The zero-order valence-electron chi connectivity index (χ0n) is 15.9. The molecule has 0 unspecified atom stereocenters. The number of nitrogens with zero attached hydrogens (tertiary/aromatic N) is 5. The fourth-order valence-corrected chi connectivity index (χ4v) is 3.61. The van der Waals surface area contributed by atoms with Gasteiger partial charge in [0.15, 0.2) is 5.82 Å². The van der Waals surface area contributed by atoms with E-state index in [-0.39, 0.29) is 0 Å². The first-order chi connectivity index (χ1) is 13.2. The third-order valence-corrected chi connectivity index (χ3v) is 5.08. The predicted molar refractivity (Wildman–Crippen MR) is 104 cm³/mol. The zero-order chi connectivity index (χ0) is 18.6. The summed E-state index contributed by atoms with van der Waals surface area (Å²) < 4.78 is 7.09. The second kappa shape index (κ2) is 7.92. The van der Waals surface area contributed by atoms with Crippen molar-refractivity contribution in [2.45, 2.75) is 45.7 Å². The summed E-state index contributed by atoms with van der Waals surface area (Å²) in [6.45, 7) is 8.07. The van der Waals surface area contributed by atoms with Gasteiger partial charge in [-0.3, -0.25) is 9.58 Å². The first kappa shape index (κ1) is 17.7. The molecule has 3 aromatic rings. The molecule has 1 N–H and O–H groups in total. The number of hydrogen-bond acceptors (Lipinski definition) is 6. The van der Waals surface area contributed by atoms with Gasteiger partial charge in [0.2, 0.25) is 0 Å². The van der Waals surface area contributed by atoms with Crippen LogP contribution in [0.4, 0.5) is 11.6 Å². The fourth-order valence-electron chi connectivity index (χ4n) is 3.61.